The summed E-state index contributed by atoms with van der Waals surface area (Å²) in [6, 6.07) is 8.38. The van der Waals surface area contributed by atoms with Crippen LogP contribution in [0.3, 0.4) is 0 Å². The molecule has 0 aliphatic rings. The zero-order valence-corrected chi connectivity index (χ0v) is 12.8. The number of aryl methyl sites for hydroxylation is 1. The molecule has 0 radical (unpaired) electrons. The summed E-state index contributed by atoms with van der Waals surface area (Å²) < 4.78 is 2.00. The summed E-state index contributed by atoms with van der Waals surface area (Å²) in [4.78, 5) is 6.67. The summed E-state index contributed by atoms with van der Waals surface area (Å²) in [5, 5.41) is 12.1. The minimum atomic E-state index is -0.370. The fraction of sp³-hybridized carbons (Fsp3) is 0.267. The molecule has 5 heteroatoms. The highest BCUT2D eigenvalue weighted by molar-refractivity contribution is 7.99. The van der Waals surface area contributed by atoms with Gasteiger partial charge in [0.2, 0.25) is 0 Å². The Balaban J connectivity index is 1.55. The van der Waals surface area contributed by atoms with Crippen LogP contribution in [0.4, 0.5) is 0 Å². The number of imidazole rings is 1. The van der Waals surface area contributed by atoms with Crippen LogP contribution in [0, 0.1) is 6.92 Å². The Morgan fingerprint density at radius 3 is 2.90 bits per heavy atom. The lowest BCUT2D eigenvalue weighted by atomic mass is 10.2. The number of hydrogen-bond donors (Lipinski definition) is 1. The number of aliphatic hydroxyl groups excluding tert-OH is 1. The molecule has 1 atom stereocenters. The highest BCUT2D eigenvalue weighted by atomic mass is 32.2. The maximum atomic E-state index is 10.1. The summed E-state index contributed by atoms with van der Waals surface area (Å²) in [6.45, 7) is 2.08. The number of nitrogens with zero attached hydrogens (tertiary/aromatic N) is 2. The number of rotatable bonds is 5. The quantitative estimate of drug-likeness (QED) is 0.734. The highest BCUT2D eigenvalue weighted by Gasteiger charge is 2.10. The van der Waals surface area contributed by atoms with Gasteiger partial charge in [-0.2, -0.15) is 0 Å². The van der Waals surface area contributed by atoms with Crippen LogP contribution in [0.25, 0.3) is 4.96 Å². The molecule has 1 unspecified atom stereocenters. The van der Waals surface area contributed by atoms with E-state index in [4.69, 9.17) is 0 Å². The van der Waals surface area contributed by atoms with E-state index in [-0.39, 0.29) is 6.10 Å². The van der Waals surface area contributed by atoms with Gasteiger partial charge in [-0.15, -0.1) is 23.1 Å². The molecule has 0 spiro atoms. The topological polar surface area (TPSA) is 37.5 Å². The highest BCUT2D eigenvalue weighted by Crippen LogP contribution is 2.20. The Bertz CT molecular complexity index is 659. The molecule has 3 aromatic rings. The molecule has 0 saturated carbocycles. The van der Waals surface area contributed by atoms with E-state index in [2.05, 4.69) is 36.2 Å². The number of fused-ring (bicyclic) bond motifs is 1. The molecule has 3 rings (SSSR count). The maximum absolute atomic E-state index is 10.1. The largest absolute Gasteiger partial charge is 0.392 e. The van der Waals surface area contributed by atoms with Crippen LogP contribution in [-0.4, -0.2) is 26.3 Å². The van der Waals surface area contributed by atoms with E-state index >= 15 is 0 Å². The van der Waals surface area contributed by atoms with Gasteiger partial charge in [-0.3, -0.25) is 4.40 Å². The summed E-state index contributed by atoms with van der Waals surface area (Å²) in [5.74, 6) is 0.689. The fourth-order valence-electron chi connectivity index (χ4n) is 2.00. The van der Waals surface area contributed by atoms with Gasteiger partial charge in [0.05, 0.1) is 11.8 Å². The molecule has 0 amide bonds. The van der Waals surface area contributed by atoms with Crippen LogP contribution in [-0.2, 0) is 6.42 Å². The van der Waals surface area contributed by atoms with Crippen LogP contribution in [0.2, 0.25) is 0 Å². The van der Waals surface area contributed by atoms with Crippen molar-refractivity contribution in [3.63, 3.8) is 0 Å². The van der Waals surface area contributed by atoms with Gasteiger partial charge in [0.1, 0.15) is 0 Å². The lowest BCUT2D eigenvalue weighted by Gasteiger charge is -2.08. The van der Waals surface area contributed by atoms with Gasteiger partial charge in [-0.1, -0.05) is 17.7 Å². The molecular weight excluding hydrogens is 288 g/mol. The van der Waals surface area contributed by atoms with Crippen molar-refractivity contribution in [3.8, 4) is 0 Å². The maximum Gasteiger partial charge on any atom is 0.193 e. The Morgan fingerprint density at radius 2 is 2.15 bits per heavy atom. The number of hydrogen-bond acceptors (Lipinski definition) is 4. The van der Waals surface area contributed by atoms with Gasteiger partial charge < -0.3 is 5.11 Å². The molecule has 2 heterocycles. The standard InChI is InChI=1S/C15H16N2OS2/c1-11-2-4-14(5-3-11)20-10-13(18)8-12-9-17-6-7-19-15(17)16-12/h2-7,9,13,18H,8,10H2,1H3. The van der Waals surface area contributed by atoms with E-state index in [1.54, 1.807) is 23.1 Å². The summed E-state index contributed by atoms with van der Waals surface area (Å²) in [6.07, 6.45) is 4.22. The predicted octanol–water partition coefficient (Wildman–Crippen LogP) is 3.40. The van der Waals surface area contributed by atoms with Gasteiger partial charge >= 0.3 is 0 Å². The third-order valence-electron chi connectivity index (χ3n) is 3.05. The first-order valence-electron chi connectivity index (χ1n) is 6.49. The second kappa shape index (κ2) is 5.99. The molecule has 20 heavy (non-hydrogen) atoms. The Hall–Kier alpha value is -1.30. The molecule has 0 bridgehead atoms. The smallest absolute Gasteiger partial charge is 0.193 e. The third kappa shape index (κ3) is 3.23. The normalized spacial score (nSPS) is 12.9. The van der Waals surface area contributed by atoms with Crippen molar-refractivity contribution in [1.82, 2.24) is 9.38 Å². The van der Waals surface area contributed by atoms with Crippen molar-refractivity contribution in [2.45, 2.75) is 24.3 Å². The summed E-state index contributed by atoms with van der Waals surface area (Å²) in [5.41, 5.74) is 2.21. The van der Waals surface area contributed by atoms with Crippen molar-refractivity contribution in [2.24, 2.45) is 0 Å². The third-order valence-corrected chi connectivity index (χ3v) is 4.98. The molecule has 3 nitrogen and oxygen atoms in total. The van der Waals surface area contributed by atoms with Crippen LogP contribution >= 0.6 is 23.1 Å². The van der Waals surface area contributed by atoms with Crippen molar-refractivity contribution in [1.29, 1.82) is 0 Å². The van der Waals surface area contributed by atoms with Gasteiger partial charge in [-0.05, 0) is 19.1 Å². The molecule has 104 valence electrons. The van der Waals surface area contributed by atoms with E-state index in [0.717, 1.165) is 10.7 Å². The molecule has 0 fully saturated rings. The van der Waals surface area contributed by atoms with E-state index < -0.39 is 0 Å². The number of thiazole rings is 1. The monoisotopic (exact) mass is 304 g/mol. The minimum Gasteiger partial charge on any atom is -0.392 e. The predicted molar refractivity (Wildman–Crippen MR) is 84.7 cm³/mol. The van der Waals surface area contributed by atoms with E-state index in [1.165, 1.54) is 10.5 Å². The number of aromatic nitrogens is 2. The summed E-state index contributed by atoms with van der Waals surface area (Å²) in [7, 11) is 0. The first-order valence-corrected chi connectivity index (χ1v) is 8.36. The molecular formula is C15H16N2OS2. The van der Waals surface area contributed by atoms with E-state index in [1.807, 2.05) is 22.2 Å². The average Bonchev–Trinajstić information content (AvgIpc) is 2.99. The van der Waals surface area contributed by atoms with Crippen molar-refractivity contribution < 1.29 is 5.11 Å². The first kappa shape index (κ1) is 13.7. The lowest BCUT2D eigenvalue weighted by molar-refractivity contribution is 0.199. The van der Waals surface area contributed by atoms with Crippen LogP contribution in [0.5, 0.6) is 0 Å². The van der Waals surface area contributed by atoms with E-state index in [9.17, 15) is 5.11 Å². The second-order valence-electron chi connectivity index (χ2n) is 4.81. The SMILES string of the molecule is Cc1ccc(SCC(O)Cc2cn3ccsc3n2)cc1. The van der Waals surface area contributed by atoms with Gasteiger partial charge in [-0.25, -0.2) is 4.98 Å². The zero-order chi connectivity index (χ0) is 13.9. The van der Waals surface area contributed by atoms with Gasteiger partial charge in [0, 0.05) is 34.8 Å². The number of aliphatic hydroxyl groups is 1. The fourth-order valence-corrected chi connectivity index (χ4v) is 3.55. The second-order valence-corrected chi connectivity index (χ2v) is 6.77. The molecule has 1 N–H and O–H groups in total. The van der Waals surface area contributed by atoms with Gasteiger partial charge in [0.15, 0.2) is 4.96 Å². The number of benzene rings is 1. The number of thioether (sulfide) groups is 1. The Labute approximate surface area is 126 Å². The Morgan fingerprint density at radius 1 is 1.35 bits per heavy atom. The minimum absolute atomic E-state index is 0.370. The van der Waals surface area contributed by atoms with Gasteiger partial charge in [0.25, 0.3) is 0 Å². The van der Waals surface area contributed by atoms with Crippen LogP contribution < -0.4 is 0 Å². The van der Waals surface area contributed by atoms with Crippen molar-refractivity contribution in [3.05, 3.63) is 53.3 Å². The van der Waals surface area contributed by atoms with Crippen molar-refractivity contribution >= 4 is 28.1 Å². The summed E-state index contributed by atoms with van der Waals surface area (Å²) >= 11 is 3.30. The zero-order valence-electron chi connectivity index (χ0n) is 11.2. The molecule has 0 saturated heterocycles. The average molecular weight is 304 g/mol. The van der Waals surface area contributed by atoms with E-state index in [0.29, 0.717) is 12.2 Å². The first-order chi connectivity index (χ1) is 9.70. The Kier molecular flexibility index (Phi) is 4.10. The van der Waals surface area contributed by atoms with Crippen molar-refractivity contribution in [2.75, 3.05) is 5.75 Å². The lowest BCUT2D eigenvalue weighted by Crippen LogP contribution is -2.13. The molecule has 1 aromatic carbocycles. The molecule has 0 aliphatic heterocycles. The molecule has 2 aromatic heterocycles. The van der Waals surface area contributed by atoms with Crippen LogP contribution in [0.15, 0.2) is 46.9 Å². The molecule has 0 aliphatic carbocycles. The van der Waals surface area contributed by atoms with Crippen LogP contribution in [0.1, 0.15) is 11.3 Å².